The minimum Gasteiger partial charge on any atom is -0.497 e. The summed E-state index contributed by atoms with van der Waals surface area (Å²) in [5.74, 6) is 3.83. The van der Waals surface area contributed by atoms with Gasteiger partial charge in [0.15, 0.2) is 0 Å². The SMILES string of the molecule is COc1ccc(C2=CC=CC3C2CC(C(C)C)C3[Si](C)(C)N2CCNCC2)cc1. The van der Waals surface area contributed by atoms with E-state index in [9.17, 15) is 0 Å². The molecule has 0 bridgehead atoms. The van der Waals surface area contributed by atoms with E-state index in [1.165, 1.54) is 25.1 Å². The minimum absolute atomic E-state index is 0.653. The second kappa shape index (κ2) is 8.41. The van der Waals surface area contributed by atoms with Crippen molar-refractivity contribution in [3.8, 4) is 5.75 Å². The third-order valence-corrected chi connectivity index (χ3v) is 12.4. The smallest absolute Gasteiger partial charge is 0.126 e. The van der Waals surface area contributed by atoms with Crippen LogP contribution in [0.1, 0.15) is 25.8 Å². The van der Waals surface area contributed by atoms with Gasteiger partial charge in [-0.05, 0) is 58.9 Å². The van der Waals surface area contributed by atoms with Crippen LogP contribution in [0.15, 0.2) is 42.5 Å². The predicted molar refractivity (Wildman–Crippen MR) is 126 cm³/mol. The Morgan fingerprint density at radius 1 is 1.10 bits per heavy atom. The fraction of sp³-hybridized carbons (Fsp3) is 0.600. The van der Waals surface area contributed by atoms with Crippen molar-refractivity contribution in [1.82, 2.24) is 9.88 Å². The summed E-state index contributed by atoms with van der Waals surface area (Å²) in [7, 11) is 0.187. The molecule has 4 unspecified atom stereocenters. The summed E-state index contributed by atoms with van der Waals surface area (Å²) in [5.41, 5.74) is 3.73. The van der Waals surface area contributed by atoms with Gasteiger partial charge < -0.3 is 14.6 Å². The first-order valence-electron chi connectivity index (χ1n) is 11.4. The first-order chi connectivity index (χ1) is 13.9. The fourth-order valence-corrected chi connectivity index (χ4v) is 11.0. The van der Waals surface area contributed by atoms with Gasteiger partial charge in [-0.1, -0.05) is 57.3 Å². The molecule has 2 fully saturated rings. The lowest BCUT2D eigenvalue weighted by Crippen LogP contribution is -2.60. The van der Waals surface area contributed by atoms with Gasteiger partial charge >= 0.3 is 0 Å². The second-order valence-corrected chi connectivity index (χ2v) is 14.6. The second-order valence-electron chi connectivity index (χ2n) is 9.98. The molecule has 3 nitrogen and oxygen atoms in total. The molecule has 4 rings (SSSR count). The fourth-order valence-electron chi connectivity index (χ4n) is 6.36. The van der Waals surface area contributed by atoms with Crippen molar-refractivity contribution < 1.29 is 4.74 Å². The van der Waals surface area contributed by atoms with Gasteiger partial charge in [0.2, 0.25) is 0 Å². The molecule has 1 heterocycles. The zero-order chi connectivity index (χ0) is 20.6. The molecular formula is C25H38N2OSi. The highest BCUT2D eigenvalue weighted by molar-refractivity contribution is 6.76. The highest BCUT2D eigenvalue weighted by atomic mass is 28.3. The zero-order valence-electron chi connectivity index (χ0n) is 18.8. The maximum atomic E-state index is 5.38. The van der Waals surface area contributed by atoms with E-state index < -0.39 is 8.24 Å². The van der Waals surface area contributed by atoms with Crippen molar-refractivity contribution in [2.24, 2.45) is 23.7 Å². The zero-order valence-corrected chi connectivity index (χ0v) is 19.8. The van der Waals surface area contributed by atoms with Gasteiger partial charge in [-0.25, -0.2) is 0 Å². The Hall–Kier alpha value is -1.36. The summed E-state index contributed by atoms with van der Waals surface area (Å²) in [6.45, 7) is 15.0. The average molecular weight is 411 g/mol. The van der Waals surface area contributed by atoms with E-state index >= 15 is 0 Å². The Balaban J connectivity index is 1.66. The molecule has 4 atom stereocenters. The third-order valence-electron chi connectivity index (χ3n) is 7.90. The van der Waals surface area contributed by atoms with Crippen molar-refractivity contribution in [1.29, 1.82) is 0 Å². The number of methoxy groups -OCH3 is 1. The van der Waals surface area contributed by atoms with E-state index in [2.05, 4.69) is 79.3 Å². The number of piperazine rings is 1. The van der Waals surface area contributed by atoms with Gasteiger partial charge in [0, 0.05) is 26.2 Å². The van der Waals surface area contributed by atoms with Gasteiger partial charge in [0.05, 0.1) is 7.11 Å². The molecule has 1 aromatic carbocycles. The van der Waals surface area contributed by atoms with Gasteiger partial charge in [0.1, 0.15) is 14.0 Å². The molecule has 3 aliphatic rings. The van der Waals surface area contributed by atoms with Crippen LogP contribution in [-0.2, 0) is 0 Å². The molecule has 1 saturated heterocycles. The maximum absolute atomic E-state index is 5.38. The summed E-state index contributed by atoms with van der Waals surface area (Å²) in [4.78, 5) is 0. The molecule has 1 saturated carbocycles. The van der Waals surface area contributed by atoms with Gasteiger partial charge in [-0.2, -0.15) is 0 Å². The number of nitrogens with zero attached hydrogens (tertiary/aromatic N) is 1. The van der Waals surface area contributed by atoms with Crippen LogP contribution >= 0.6 is 0 Å². The van der Waals surface area contributed by atoms with Crippen molar-refractivity contribution in [3.63, 3.8) is 0 Å². The van der Waals surface area contributed by atoms with Gasteiger partial charge in [-0.3, -0.25) is 0 Å². The van der Waals surface area contributed by atoms with Crippen LogP contribution in [0.25, 0.3) is 5.57 Å². The summed E-state index contributed by atoms with van der Waals surface area (Å²) in [6, 6.07) is 8.71. The molecule has 2 aliphatic carbocycles. The van der Waals surface area contributed by atoms with E-state index in [0.29, 0.717) is 11.8 Å². The number of hydrogen-bond donors (Lipinski definition) is 1. The minimum atomic E-state index is -1.55. The number of ether oxygens (including phenoxy) is 1. The number of nitrogens with one attached hydrogen (secondary N) is 1. The molecule has 29 heavy (non-hydrogen) atoms. The Morgan fingerprint density at radius 2 is 1.79 bits per heavy atom. The molecule has 4 heteroatoms. The van der Waals surface area contributed by atoms with Crippen molar-refractivity contribution in [2.75, 3.05) is 33.3 Å². The van der Waals surface area contributed by atoms with Crippen LogP contribution in [0, 0.1) is 23.7 Å². The van der Waals surface area contributed by atoms with Crippen molar-refractivity contribution >= 4 is 13.8 Å². The summed E-state index contributed by atoms with van der Waals surface area (Å²) in [6.07, 6.45) is 8.61. The Kier molecular flexibility index (Phi) is 6.06. The van der Waals surface area contributed by atoms with E-state index in [1.54, 1.807) is 12.7 Å². The molecule has 0 radical (unpaired) electrons. The lowest BCUT2D eigenvalue weighted by Gasteiger charge is -2.48. The first-order valence-corrected chi connectivity index (χ1v) is 14.4. The van der Waals surface area contributed by atoms with Crippen LogP contribution in [0.3, 0.4) is 0 Å². The predicted octanol–water partition coefficient (Wildman–Crippen LogP) is 5.04. The average Bonchev–Trinajstić information content (AvgIpc) is 3.15. The van der Waals surface area contributed by atoms with Gasteiger partial charge in [0.25, 0.3) is 0 Å². The lowest BCUT2D eigenvalue weighted by molar-refractivity contribution is 0.320. The number of rotatable bonds is 5. The monoisotopic (exact) mass is 410 g/mol. The number of benzene rings is 1. The molecular weight excluding hydrogens is 372 g/mol. The largest absolute Gasteiger partial charge is 0.497 e. The molecule has 0 amide bonds. The summed E-state index contributed by atoms with van der Waals surface area (Å²) >= 11 is 0. The molecule has 0 spiro atoms. The first kappa shape index (κ1) is 20.9. The number of allylic oxidation sites excluding steroid dienone is 4. The van der Waals surface area contributed by atoms with Crippen molar-refractivity contribution in [2.45, 2.75) is 38.9 Å². The standard InChI is InChI=1S/C25H38N2OSi/c1-18(2)23-17-24-21(19-9-11-20(28-3)12-10-19)7-6-8-22(24)25(23)29(4,5)27-15-13-26-14-16-27/h6-12,18,22-26H,13-17H2,1-5H3. The molecule has 1 aliphatic heterocycles. The van der Waals surface area contributed by atoms with Crippen LogP contribution in [0.5, 0.6) is 5.75 Å². The topological polar surface area (TPSA) is 24.5 Å². The summed E-state index contributed by atoms with van der Waals surface area (Å²) < 4.78 is 8.28. The molecule has 1 aromatic rings. The van der Waals surface area contributed by atoms with E-state index in [1.807, 2.05) is 0 Å². The lowest BCUT2D eigenvalue weighted by atomic mass is 9.81. The molecule has 0 aromatic heterocycles. The number of hydrogen-bond acceptors (Lipinski definition) is 3. The Labute approximate surface area is 178 Å². The van der Waals surface area contributed by atoms with E-state index in [4.69, 9.17) is 4.74 Å². The summed E-state index contributed by atoms with van der Waals surface area (Å²) in [5, 5.41) is 3.55. The number of fused-ring (bicyclic) bond motifs is 1. The third kappa shape index (κ3) is 3.87. The van der Waals surface area contributed by atoms with Crippen LogP contribution in [-0.4, -0.2) is 46.1 Å². The highest BCUT2D eigenvalue weighted by Crippen LogP contribution is 2.59. The van der Waals surface area contributed by atoms with Gasteiger partial charge in [-0.15, -0.1) is 0 Å². The van der Waals surface area contributed by atoms with Crippen molar-refractivity contribution in [3.05, 3.63) is 48.1 Å². The Morgan fingerprint density at radius 3 is 2.41 bits per heavy atom. The normalized spacial score (nSPS) is 30.3. The van der Waals surface area contributed by atoms with Crippen LogP contribution in [0.4, 0.5) is 0 Å². The van der Waals surface area contributed by atoms with Crippen LogP contribution < -0.4 is 10.1 Å². The van der Waals surface area contributed by atoms with E-state index in [-0.39, 0.29) is 0 Å². The quantitative estimate of drug-likeness (QED) is 0.689. The maximum Gasteiger partial charge on any atom is 0.126 e. The van der Waals surface area contributed by atoms with Crippen LogP contribution in [0.2, 0.25) is 18.6 Å². The Bertz CT molecular complexity index is 762. The highest BCUT2D eigenvalue weighted by Gasteiger charge is 2.54. The molecule has 1 N–H and O–H groups in total. The molecule has 158 valence electrons. The van der Waals surface area contributed by atoms with E-state index in [0.717, 1.165) is 36.2 Å².